The van der Waals surface area contributed by atoms with Gasteiger partial charge in [-0.2, -0.15) is 0 Å². The fourth-order valence-corrected chi connectivity index (χ4v) is 2.44. The predicted octanol–water partition coefficient (Wildman–Crippen LogP) is 0.562. The molecule has 1 aromatic rings. The van der Waals surface area contributed by atoms with Gasteiger partial charge in [-0.1, -0.05) is 0 Å². The second-order valence-corrected chi connectivity index (χ2v) is 5.68. The molecule has 2 heterocycles. The predicted molar refractivity (Wildman–Crippen MR) is 81.7 cm³/mol. The minimum absolute atomic E-state index is 0.0903. The third-order valence-corrected chi connectivity index (χ3v) is 3.74. The molecule has 1 aliphatic heterocycles. The third-order valence-electron chi connectivity index (χ3n) is 3.31. The molecule has 1 aromatic heterocycles. The van der Waals surface area contributed by atoms with Gasteiger partial charge < -0.3 is 24.1 Å². The zero-order valence-electron chi connectivity index (χ0n) is 12.5. The van der Waals surface area contributed by atoms with E-state index >= 15 is 0 Å². The Morgan fingerprint density at radius 2 is 2.22 bits per heavy atom. The van der Waals surface area contributed by atoms with E-state index in [4.69, 9.17) is 9.15 Å². The van der Waals surface area contributed by atoms with Crippen LogP contribution in [0.3, 0.4) is 0 Å². The van der Waals surface area contributed by atoms with Crippen molar-refractivity contribution < 1.29 is 28.3 Å². The molecule has 0 saturated carbocycles. The fourth-order valence-electron chi connectivity index (χ4n) is 2.13. The first-order chi connectivity index (χ1) is 11.0. The maximum Gasteiger partial charge on any atom is 0.308 e. The van der Waals surface area contributed by atoms with E-state index in [1.807, 2.05) is 0 Å². The summed E-state index contributed by atoms with van der Waals surface area (Å²) < 4.78 is 15.6. The number of esters is 1. The van der Waals surface area contributed by atoms with Crippen molar-refractivity contribution in [2.24, 2.45) is 0 Å². The van der Waals surface area contributed by atoms with Crippen molar-refractivity contribution in [2.45, 2.75) is 12.5 Å². The van der Waals surface area contributed by atoms with Crippen molar-refractivity contribution in [1.82, 2.24) is 10.2 Å². The zero-order chi connectivity index (χ0) is 16.8. The van der Waals surface area contributed by atoms with Gasteiger partial charge in [0.05, 0.1) is 32.8 Å². The largest absolute Gasteiger partial charge is 0.469 e. The first-order valence-electron chi connectivity index (χ1n) is 6.99. The van der Waals surface area contributed by atoms with Crippen LogP contribution >= 0.6 is 15.9 Å². The Morgan fingerprint density at radius 3 is 2.87 bits per heavy atom. The summed E-state index contributed by atoms with van der Waals surface area (Å²) >= 11 is 3.10. The Kier molecular flexibility index (Phi) is 6.17. The highest BCUT2D eigenvalue weighted by Gasteiger charge is 2.26. The lowest BCUT2D eigenvalue weighted by molar-refractivity contribution is -0.149. The lowest BCUT2D eigenvalue weighted by Gasteiger charge is -2.32. The van der Waals surface area contributed by atoms with Gasteiger partial charge in [0.25, 0.3) is 5.91 Å². The van der Waals surface area contributed by atoms with Gasteiger partial charge >= 0.3 is 5.97 Å². The number of nitrogens with zero attached hydrogens (tertiary/aromatic N) is 1. The Bertz CT molecular complexity index is 588. The molecule has 2 amide bonds. The normalized spacial score (nSPS) is 17.7. The van der Waals surface area contributed by atoms with E-state index in [1.165, 1.54) is 13.2 Å². The smallest absolute Gasteiger partial charge is 0.308 e. The van der Waals surface area contributed by atoms with Gasteiger partial charge in [0.1, 0.15) is 0 Å². The first-order valence-corrected chi connectivity index (χ1v) is 7.78. The highest BCUT2D eigenvalue weighted by molar-refractivity contribution is 9.10. The number of ether oxygens (including phenoxy) is 2. The highest BCUT2D eigenvalue weighted by Crippen LogP contribution is 2.14. The Hall–Kier alpha value is -1.87. The van der Waals surface area contributed by atoms with Crippen molar-refractivity contribution in [3.8, 4) is 0 Å². The molecule has 0 radical (unpaired) electrons. The van der Waals surface area contributed by atoms with E-state index in [0.29, 0.717) is 17.8 Å². The molecule has 0 spiro atoms. The number of methoxy groups -OCH3 is 1. The average Bonchev–Trinajstić information content (AvgIpc) is 2.99. The van der Waals surface area contributed by atoms with Crippen LogP contribution in [0.4, 0.5) is 0 Å². The first kappa shape index (κ1) is 17.5. The van der Waals surface area contributed by atoms with Crippen molar-refractivity contribution in [2.75, 3.05) is 33.4 Å². The van der Waals surface area contributed by atoms with E-state index in [9.17, 15) is 14.4 Å². The van der Waals surface area contributed by atoms with E-state index in [1.54, 1.807) is 11.0 Å². The number of rotatable bonds is 5. The number of morpholine rings is 1. The standard InChI is InChI=1S/C14H17BrN2O6/c1-21-13(19)6-9-8-17(4-5-22-9)12(18)7-16-14(20)10-2-3-11(15)23-10/h2-3,9H,4-8H2,1H3,(H,16,20)/t9-/m1/s1. The van der Waals surface area contributed by atoms with Gasteiger partial charge in [0.15, 0.2) is 10.4 Å². The van der Waals surface area contributed by atoms with Gasteiger partial charge in [0, 0.05) is 13.1 Å². The molecule has 126 valence electrons. The number of halogens is 1. The van der Waals surface area contributed by atoms with Crippen LogP contribution in [0.25, 0.3) is 0 Å². The number of furan rings is 1. The molecule has 1 atom stereocenters. The van der Waals surface area contributed by atoms with Crippen LogP contribution in [0.15, 0.2) is 21.2 Å². The molecule has 8 nitrogen and oxygen atoms in total. The second kappa shape index (κ2) is 8.11. The summed E-state index contributed by atoms with van der Waals surface area (Å²) in [5.74, 6) is -0.984. The molecule has 0 aliphatic carbocycles. The fraction of sp³-hybridized carbons (Fsp3) is 0.500. The summed E-state index contributed by atoms with van der Waals surface area (Å²) in [5, 5.41) is 2.50. The Balaban J connectivity index is 1.80. The highest BCUT2D eigenvalue weighted by atomic mass is 79.9. The summed E-state index contributed by atoms with van der Waals surface area (Å²) in [6, 6.07) is 3.10. The van der Waals surface area contributed by atoms with Crippen LogP contribution in [0.1, 0.15) is 17.0 Å². The summed E-state index contributed by atoms with van der Waals surface area (Å²) in [4.78, 5) is 36.8. The molecule has 23 heavy (non-hydrogen) atoms. The Labute approximate surface area is 141 Å². The van der Waals surface area contributed by atoms with E-state index in [-0.39, 0.29) is 37.1 Å². The van der Waals surface area contributed by atoms with Crippen molar-refractivity contribution in [3.63, 3.8) is 0 Å². The van der Waals surface area contributed by atoms with E-state index < -0.39 is 12.0 Å². The topological polar surface area (TPSA) is 98.1 Å². The van der Waals surface area contributed by atoms with Gasteiger partial charge in [0.2, 0.25) is 5.91 Å². The average molecular weight is 389 g/mol. The summed E-state index contributed by atoms with van der Waals surface area (Å²) in [6.45, 7) is 0.892. The monoisotopic (exact) mass is 388 g/mol. The maximum atomic E-state index is 12.1. The molecule has 1 aliphatic rings. The van der Waals surface area contributed by atoms with Crippen molar-refractivity contribution in [1.29, 1.82) is 0 Å². The number of nitrogens with one attached hydrogen (secondary N) is 1. The van der Waals surface area contributed by atoms with E-state index in [2.05, 4.69) is 26.0 Å². The second-order valence-electron chi connectivity index (χ2n) is 4.90. The Morgan fingerprint density at radius 1 is 1.43 bits per heavy atom. The number of hydrogen-bond donors (Lipinski definition) is 1. The van der Waals surface area contributed by atoms with Crippen LogP contribution < -0.4 is 5.32 Å². The van der Waals surface area contributed by atoms with Crippen LogP contribution in [0.2, 0.25) is 0 Å². The molecular formula is C14H17BrN2O6. The van der Waals surface area contributed by atoms with E-state index in [0.717, 1.165) is 0 Å². The van der Waals surface area contributed by atoms with Crippen LogP contribution in [0.5, 0.6) is 0 Å². The number of carbonyl (C=O) groups is 3. The SMILES string of the molecule is COC(=O)C[C@@H]1CN(C(=O)CNC(=O)c2ccc(Br)o2)CCO1. The molecule has 9 heteroatoms. The number of carbonyl (C=O) groups excluding carboxylic acids is 3. The summed E-state index contributed by atoms with van der Waals surface area (Å²) in [5.41, 5.74) is 0. The van der Waals surface area contributed by atoms with Crippen LogP contribution in [-0.2, 0) is 19.1 Å². The molecular weight excluding hydrogens is 372 g/mol. The van der Waals surface area contributed by atoms with Gasteiger partial charge in [-0.3, -0.25) is 14.4 Å². The lowest BCUT2D eigenvalue weighted by Crippen LogP contribution is -2.49. The molecule has 1 saturated heterocycles. The molecule has 2 rings (SSSR count). The molecule has 1 N–H and O–H groups in total. The lowest BCUT2D eigenvalue weighted by atomic mass is 10.2. The third kappa shape index (κ3) is 5.07. The summed E-state index contributed by atoms with van der Waals surface area (Å²) in [7, 11) is 1.30. The van der Waals surface area contributed by atoms with Crippen LogP contribution in [0, 0.1) is 0 Å². The maximum absolute atomic E-state index is 12.1. The van der Waals surface area contributed by atoms with Gasteiger partial charge in [-0.25, -0.2) is 0 Å². The quantitative estimate of drug-likeness (QED) is 0.740. The number of hydrogen-bond acceptors (Lipinski definition) is 6. The van der Waals surface area contributed by atoms with Gasteiger partial charge in [-0.15, -0.1) is 0 Å². The molecule has 0 bridgehead atoms. The van der Waals surface area contributed by atoms with Crippen LogP contribution in [-0.4, -0.2) is 62.1 Å². The van der Waals surface area contributed by atoms with Gasteiger partial charge in [-0.05, 0) is 28.1 Å². The van der Waals surface area contributed by atoms with Crippen molar-refractivity contribution in [3.05, 3.63) is 22.6 Å². The minimum atomic E-state index is -0.469. The molecule has 0 unspecified atom stereocenters. The number of amides is 2. The zero-order valence-corrected chi connectivity index (χ0v) is 14.1. The molecule has 0 aromatic carbocycles. The molecule has 1 fully saturated rings. The van der Waals surface area contributed by atoms with Crippen molar-refractivity contribution >= 4 is 33.7 Å². The summed E-state index contributed by atoms with van der Waals surface area (Å²) in [6.07, 6.45) is -0.301. The minimum Gasteiger partial charge on any atom is -0.469 e.